The lowest BCUT2D eigenvalue weighted by Crippen LogP contribution is -2.49. The third-order valence-electron chi connectivity index (χ3n) is 4.23. The molecule has 2 aromatic heterocycles. The van der Waals surface area contributed by atoms with Crippen molar-refractivity contribution < 1.29 is 9.32 Å². The first-order chi connectivity index (χ1) is 11.1. The number of likely N-dealkylation sites (tertiary alicyclic amines) is 1. The van der Waals surface area contributed by atoms with Gasteiger partial charge in [0.25, 0.3) is 0 Å². The standard InChI is InChI=1S/C15H19N5O3/c1-10-5-3-6-11(2)20(10)12(21)9-19-14(18-23-15(19)22)13-16-7-4-8-17-13/h4,7-8,10-11H,3,5-6,9H2,1-2H3. The lowest BCUT2D eigenvalue weighted by atomic mass is 9.97. The summed E-state index contributed by atoms with van der Waals surface area (Å²) in [4.78, 5) is 34.5. The van der Waals surface area contributed by atoms with E-state index >= 15 is 0 Å². The second kappa shape index (κ2) is 6.31. The second-order valence-electron chi connectivity index (χ2n) is 5.86. The van der Waals surface area contributed by atoms with Gasteiger partial charge in [-0.1, -0.05) is 5.16 Å². The summed E-state index contributed by atoms with van der Waals surface area (Å²) in [5, 5.41) is 3.70. The van der Waals surface area contributed by atoms with E-state index < -0.39 is 5.76 Å². The first-order valence-corrected chi connectivity index (χ1v) is 7.73. The predicted octanol–water partition coefficient (Wildman–Crippen LogP) is 1.08. The molecule has 1 saturated heterocycles. The fourth-order valence-corrected chi connectivity index (χ4v) is 3.11. The highest BCUT2D eigenvalue weighted by atomic mass is 16.5. The van der Waals surface area contributed by atoms with Crippen LogP contribution < -0.4 is 5.76 Å². The van der Waals surface area contributed by atoms with Gasteiger partial charge in [0.15, 0.2) is 5.82 Å². The van der Waals surface area contributed by atoms with Gasteiger partial charge in [-0.3, -0.25) is 9.32 Å². The van der Waals surface area contributed by atoms with E-state index in [4.69, 9.17) is 4.52 Å². The minimum absolute atomic E-state index is 0.118. The Labute approximate surface area is 133 Å². The third-order valence-corrected chi connectivity index (χ3v) is 4.23. The van der Waals surface area contributed by atoms with E-state index in [2.05, 4.69) is 15.1 Å². The Hall–Kier alpha value is -2.51. The van der Waals surface area contributed by atoms with Crippen molar-refractivity contribution in [2.45, 2.75) is 51.7 Å². The maximum absolute atomic E-state index is 12.7. The molecular formula is C15H19N5O3. The predicted molar refractivity (Wildman–Crippen MR) is 81.4 cm³/mol. The number of aromatic nitrogens is 4. The Morgan fingerprint density at radius 1 is 1.26 bits per heavy atom. The maximum Gasteiger partial charge on any atom is 0.442 e. The van der Waals surface area contributed by atoms with Crippen LogP contribution in [0.2, 0.25) is 0 Å². The Morgan fingerprint density at radius 2 is 1.91 bits per heavy atom. The maximum atomic E-state index is 12.7. The largest absolute Gasteiger partial charge is 0.442 e. The van der Waals surface area contributed by atoms with Crippen molar-refractivity contribution in [3.63, 3.8) is 0 Å². The molecule has 0 saturated carbocycles. The first-order valence-electron chi connectivity index (χ1n) is 7.73. The molecule has 1 aliphatic heterocycles. The molecular weight excluding hydrogens is 298 g/mol. The average Bonchev–Trinajstić information content (AvgIpc) is 2.89. The molecule has 0 N–H and O–H groups in total. The highest BCUT2D eigenvalue weighted by Crippen LogP contribution is 2.23. The van der Waals surface area contributed by atoms with Crippen molar-refractivity contribution in [3.8, 4) is 11.6 Å². The summed E-state index contributed by atoms with van der Waals surface area (Å²) in [6.07, 6.45) is 6.15. The zero-order valence-electron chi connectivity index (χ0n) is 13.2. The van der Waals surface area contributed by atoms with Crippen molar-refractivity contribution in [3.05, 3.63) is 29.0 Å². The highest BCUT2D eigenvalue weighted by molar-refractivity contribution is 5.77. The number of nitrogens with zero attached hydrogens (tertiary/aromatic N) is 5. The SMILES string of the molecule is CC1CCCC(C)N1C(=O)Cn1c(-c2ncccn2)noc1=O. The van der Waals surface area contributed by atoms with Crippen LogP contribution in [0.15, 0.2) is 27.8 Å². The lowest BCUT2D eigenvalue weighted by molar-refractivity contribution is -0.138. The molecule has 3 heterocycles. The normalized spacial score (nSPS) is 21.4. The Bertz CT molecular complexity index is 729. The fraction of sp³-hybridized carbons (Fsp3) is 0.533. The van der Waals surface area contributed by atoms with Gasteiger partial charge in [0, 0.05) is 24.5 Å². The summed E-state index contributed by atoms with van der Waals surface area (Å²) in [7, 11) is 0. The topological polar surface area (TPSA) is 94.1 Å². The minimum atomic E-state index is -0.682. The zero-order chi connectivity index (χ0) is 16.4. The molecule has 8 nitrogen and oxygen atoms in total. The highest BCUT2D eigenvalue weighted by Gasteiger charge is 2.30. The smallest absolute Gasteiger partial charge is 0.336 e. The summed E-state index contributed by atoms with van der Waals surface area (Å²) >= 11 is 0. The molecule has 122 valence electrons. The number of piperidine rings is 1. The monoisotopic (exact) mass is 317 g/mol. The molecule has 0 bridgehead atoms. The van der Waals surface area contributed by atoms with Crippen molar-refractivity contribution in [2.24, 2.45) is 0 Å². The number of hydrogen-bond acceptors (Lipinski definition) is 6. The van der Waals surface area contributed by atoms with Crippen molar-refractivity contribution in [1.29, 1.82) is 0 Å². The second-order valence-corrected chi connectivity index (χ2v) is 5.86. The molecule has 2 aromatic rings. The van der Waals surface area contributed by atoms with Crippen LogP contribution in [0.25, 0.3) is 11.6 Å². The van der Waals surface area contributed by atoms with E-state index in [1.165, 1.54) is 4.57 Å². The van der Waals surface area contributed by atoms with Crippen LogP contribution in [0.4, 0.5) is 0 Å². The van der Waals surface area contributed by atoms with E-state index in [1.54, 1.807) is 18.5 Å². The van der Waals surface area contributed by atoms with Crippen LogP contribution in [0, 0.1) is 0 Å². The summed E-state index contributed by atoms with van der Waals surface area (Å²) in [5.41, 5.74) is 0. The van der Waals surface area contributed by atoms with E-state index in [1.807, 2.05) is 18.7 Å². The summed E-state index contributed by atoms with van der Waals surface area (Å²) in [6.45, 7) is 3.95. The number of amides is 1. The van der Waals surface area contributed by atoms with Crippen molar-refractivity contribution in [2.75, 3.05) is 0 Å². The molecule has 3 rings (SSSR count). The molecule has 1 aliphatic rings. The summed E-state index contributed by atoms with van der Waals surface area (Å²) < 4.78 is 5.88. The number of carbonyl (C=O) groups is 1. The van der Waals surface area contributed by atoms with Gasteiger partial charge < -0.3 is 4.90 Å². The number of rotatable bonds is 3. The third kappa shape index (κ3) is 3.01. The summed E-state index contributed by atoms with van der Waals surface area (Å²) in [5.74, 6) is -0.377. The molecule has 1 amide bonds. The van der Waals surface area contributed by atoms with Crippen molar-refractivity contribution >= 4 is 5.91 Å². The number of hydrogen-bond donors (Lipinski definition) is 0. The average molecular weight is 317 g/mol. The first kappa shape index (κ1) is 15.4. The molecule has 8 heteroatoms. The lowest BCUT2D eigenvalue weighted by Gasteiger charge is -2.39. The van der Waals surface area contributed by atoms with Crippen LogP contribution in [0.3, 0.4) is 0 Å². The van der Waals surface area contributed by atoms with Crippen LogP contribution >= 0.6 is 0 Å². The van der Waals surface area contributed by atoms with E-state index in [0.717, 1.165) is 19.3 Å². The van der Waals surface area contributed by atoms with Crippen LogP contribution in [0.1, 0.15) is 33.1 Å². The molecule has 23 heavy (non-hydrogen) atoms. The molecule has 2 unspecified atom stereocenters. The molecule has 0 radical (unpaired) electrons. The molecule has 0 aromatic carbocycles. The fourth-order valence-electron chi connectivity index (χ4n) is 3.11. The van der Waals surface area contributed by atoms with Gasteiger partial charge in [0.1, 0.15) is 6.54 Å². The van der Waals surface area contributed by atoms with Crippen LogP contribution in [0.5, 0.6) is 0 Å². The molecule has 0 aliphatic carbocycles. The number of carbonyl (C=O) groups excluding carboxylic acids is 1. The van der Waals surface area contributed by atoms with Gasteiger partial charge in [-0.05, 0) is 39.2 Å². The Morgan fingerprint density at radius 3 is 2.57 bits per heavy atom. The summed E-state index contributed by atoms with van der Waals surface area (Å²) in [6, 6.07) is 1.99. The molecule has 2 atom stereocenters. The molecule has 0 spiro atoms. The van der Waals surface area contributed by atoms with Crippen LogP contribution in [-0.2, 0) is 11.3 Å². The molecule has 1 fully saturated rings. The van der Waals surface area contributed by atoms with E-state index in [-0.39, 0.29) is 36.2 Å². The van der Waals surface area contributed by atoms with E-state index in [0.29, 0.717) is 0 Å². The quantitative estimate of drug-likeness (QED) is 0.841. The zero-order valence-corrected chi connectivity index (χ0v) is 13.2. The van der Waals surface area contributed by atoms with Gasteiger partial charge in [-0.25, -0.2) is 19.3 Å². The van der Waals surface area contributed by atoms with Gasteiger partial charge in [-0.15, -0.1) is 0 Å². The van der Waals surface area contributed by atoms with Gasteiger partial charge in [0.2, 0.25) is 11.7 Å². The Kier molecular flexibility index (Phi) is 4.22. The van der Waals surface area contributed by atoms with Crippen molar-refractivity contribution in [1.82, 2.24) is 24.6 Å². The van der Waals surface area contributed by atoms with E-state index in [9.17, 15) is 9.59 Å². The van der Waals surface area contributed by atoms with Gasteiger partial charge in [0.05, 0.1) is 0 Å². The minimum Gasteiger partial charge on any atom is -0.336 e. The van der Waals surface area contributed by atoms with Gasteiger partial charge >= 0.3 is 5.76 Å². The Balaban J connectivity index is 1.87. The van der Waals surface area contributed by atoms with Crippen LogP contribution in [-0.4, -0.2) is 42.6 Å². The van der Waals surface area contributed by atoms with Gasteiger partial charge in [-0.2, -0.15) is 0 Å².